The summed E-state index contributed by atoms with van der Waals surface area (Å²) >= 11 is 3.36. The van der Waals surface area contributed by atoms with Crippen molar-refractivity contribution in [3.63, 3.8) is 0 Å². The second-order valence-corrected chi connectivity index (χ2v) is 4.84. The second kappa shape index (κ2) is 4.33. The summed E-state index contributed by atoms with van der Waals surface area (Å²) in [6.45, 7) is 0. The van der Waals surface area contributed by atoms with E-state index in [1.807, 2.05) is 24.3 Å². The molecule has 1 fully saturated rings. The summed E-state index contributed by atoms with van der Waals surface area (Å²) in [6.07, 6.45) is 1.61. The summed E-state index contributed by atoms with van der Waals surface area (Å²) in [4.78, 5) is 11.7. The Morgan fingerprint density at radius 3 is 2.80 bits per heavy atom. The van der Waals surface area contributed by atoms with Crippen LogP contribution in [0.4, 0.5) is 5.69 Å². The highest BCUT2D eigenvalue weighted by atomic mass is 79.9. The van der Waals surface area contributed by atoms with Crippen LogP contribution >= 0.6 is 15.9 Å². The molecule has 0 spiro atoms. The number of carbonyl (C=O) groups is 1. The Morgan fingerprint density at radius 1 is 1.47 bits per heavy atom. The number of hydrogen-bond acceptors (Lipinski definition) is 2. The predicted molar refractivity (Wildman–Crippen MR) is 63.5 cm³/mol. The summed E-state index contributed by atoms with van der Waals surface area (Å²) in [7, 11) is 0. The molecule has 3 nitrogen and oxygen atoms in total. The Balaban J connectivity index is 1.94. The third-order valence-corrected chi connectivity index (χ3v) is 3.13. The molecule has 0 unspecified atom stereocenters. The van der Waals surface area contributed by atoms with Crippen LogP contribution in [0, 0.1) is 5.92 Å². The highest BCUT2D eigenvalue weighted by molar-refractivity contribution is 9.10. The maximum atomic E-state index is 11.7. The first-order chi connectivity index (χ1) is 7.15. The molecule has 0 bridgehead atoms. The molecule has 2 rings (SSSR count). The van der Waals surface area contributed by atoms with Crippen molar-refractivity contribution in [1.29, 1.82) is 0 Å². The Hall–Kier alpha value is -0.870. The molecule has 3 N–H and O–H groups in total. The maximum Gasteiger partial charge on any atom is 0.227 e. The average molecular weight is 269 g/mol. The van der Waals surface area contributed by atoms with Gasteiger partial charge < -0.3 is 11.1 Å². The van der Waals surface area contributed by atoms with Crippen molar-refractivity contribution in [2.45, 2.75) is 18.9 Å². The number of carbonyl (C=O) groups excluding carboxylic acids is 1. The monoisotopic (exact) mass is 268 g/mol. The van der Waals surface area contributed by atoms with Gasteiger partial charge in [-0.3, -0.25) is 4.79 Å². The molecule has 1 aromatic carbocycles. The second-order valence-electron chi connectivity index (χ2n) is 3.93. The van der Waals surface area contributed by atoms with Crippen molar-refractivity contribution < 1.29 is 4.79 Å². The van der Waals surface area contributed by atoms with E-state index in [1.165, 1.54) is 0 Å². The fourth-order valence-electron chi connectivity index (χ4n) is 1.69. The van der Waals surface area contributed by atoms with Gasteiger partial charge in [-0.05, 0) is 31.0 Å². The average Bonchev–Trinajstić information content (AvgIpc) is 2.13. The third-order valence-electron chi connectivity index (χ3n) is 2.64. The lowest BCUT2D eigenvalue weighted by atomic mass is 9.80. The first kappa shape index (κ1) is 10.6. The summed E-state index contributed by atoms with van der Waals surface area (Å²) in [5.74, 6) is 0.175. The van der Waals surface area contributed by atoms with Gasteiger partial charge in [0.15, 0.2) is 0 Å². The van der Waals surface area contributed by atoms with E-state index in [4.69, 9.17) is 5.73 Å². The van der Waals surface area contributed by atoms with Crippen LogP contribution in [0.25, 0.3) is 0 Å². The van der Waals surface area contributed by atoms with E-state index in [0.717, 1.165) is 23.0 Å². The van der Waals surface area contributed by atoms with Crippen LogP contribution in [-0.4, -0.2) is 11.9 Å². The molecule has 1 aromatic rings. The fourth-order valence-corrected chi connectivity index (χ4v) is 2.09. The van der Waals surface area contributed by atoms with Gasteiger partial charge in [0.25, 0.3) is 0 Å². The Morgan fingerprint density at radius 2 is 2.20 bits per heavy atom. The Bertz CT molecular complexity index is 375. The van der Waals surface area contributed by atoms with Gasteiger partial charge in [-0.1, -0.05) is 22.0 Å². The predicted octanol–water partition coefficient (Wildman–Crippen LogP) is 2.12. The Labute approximate surface area is 97.2 Å². The molecule has 0 radical (unpaired) electrons. The highest BCUT2D eigenvalue weighted by Gasteiger charge is 2.31. The lowest BCUT2D eigenvalue weighted by molar-refractivity contribution is -0.122. The number of nitrogens with two attached hydrogens (primary N) is 1. The molecule has 1 aliphatic rings. The van der Waals surface area contributed by atoms with Crippen molar-refractivity contribution in [3.05, 3.63) is 28.7 Å². The van der Waals surface area contributed by atoms with Crippen molar-refractivity contribution in [3.8, 4) is 0 Å². The molecule has 15 heavy (non-hydrogen) atoms. The van der Waals surface area contributed by atoms with Crippen LogP contribution < -0.4 is 11.1 Å². The summed E-state index contributed by atoms with van der Waals surface area (Å²) < 4.78 is 0.964. The number of amides is 1. The molecule has 0 saturated heterocycles. The molecule has 0 aliphatic heterocycles. The topological polar surface area (TPSA) is 55.1 Å². The number of halogens is 1. The van der Waals surface area contributed by atoms with Gasteiger partial charge >= 0.3 is 0 Å². The van der Waals surface area contributed by atoms with E-state index in [9.17, 15) is 4.79 Å². The van der Waals surface area contributed by atoms with E-state index < -0.39 is 0 Å². The quantitative estimate of drug-likeness (QED) is 0.864. The molecule has 0 aromatic heterocycles. The summed E-state index contributed by atoms with van der Waals surface area (Å²) in [5.41, 5.74) is 6.47. The minimum Gasteiger partial charge on any atom is -0.328 e. The van der Waals surface area contributed by atoms with E-state index >= 15 is 0 Å². The van der Waals surface area contributed by atoms with Gasteiger partial charge in [0.2, 0.25) is 5.91 Å². The van der Waals surface area contributed by atoms with Crippen molar-refractivity contribution in [1.82, 2.24) is 0 Å². The maximum absolute atomic E-state index is 11.7. The van der Waals surface area contributed by atoms with Crippen molar-refractivity contribution in [2.24, 2.45) is 11.7 Å². The van der Waals surface area contributed by atoms with Gasteiger partial charge in [0.05, 0.1) is 0 Å². The minimum absolute atomic E-state index is 0.0785. The first-order valence-electron chi connectivity index (χ1n) is 4.97. The molecule has 1 amide bonds. The molecule has 4 heteroatoms. The molecular weight excluding hydrogens is 256 g/mol. The number of nitrogens with one attached hydrogen (secondary N) is 1. The number of anilines is 1. The molecule has 1 aliphatic carbocycles. The van der Waals surface area contributed by atoms with Gasteiger partial charge in [-0.15, -0.1) is 0 Å². The lowest BCUT2D eigenvalue weighted by Gasteiger charge is -2.31. The largest absolute Gasteiger partial charge is 0.328 e. The third kappa shape index (κ3) is 2.58. The molecule has 1 saturated carbocycles. The van der Waals surface area contributed by atoms with E-state index in [0.29, 0.717) is 0 Å². The van der Waals surface area contributed by atoms with Crippen molar-refractivity contribution in [2.75, 3.05) is 5.32 Å². The van der Waals surface area contributed by atoms with Gasteiger partial charge in [0.1, 0.15) is 0 Å². The molecular formula is C11H13BrN2O. The highest BCUT2D eigenvalue weighted by Crippen LogP contribution is 2.27. The number of benzene rings is 1. The summed E-state index contributed by atoms with van der Waals surface area (Å²) in [5, 5.41) is 2.88. The van der Waals surface area contributed by atoms with Crippen LogP contribution in [0.3, 0.4) is 0 Å². The smallest absolute Gasteiger partial charge is 0.227 e. The van der Waals surface area contributed by atoms with E-state index in [2.05, 4.69) is 21.2 Å². The summed E-state index contributed by atoms with van der Waals surface area (Å²) in [6, 6.07) is 7.79. The Kier molecular flexibility index (Phi) is 3.07. The van der Waals surface area contributed by atoms with Crippen LogP contribution in [0.1, 0.15) is 12.8 Å². The van der Waals surface area contributed by atoms with Gasteiger partial charge in [-0.25, -0.2) is 0 Å². The van der Waals surface area contributed by atoms with E-state index in [1.54, 1.807) is 0 Å². The molecule has 0 atom stereocenters. The van der Waals surface area contributed by atoms with E-state index in [-0.39, 0.29) is 17.9 Å². The lowest BCUT2D eigenvalue weighted by Crippen LogP contribution is -2.42. The zero-order valence-corrected chi connectivity index (χ0v) is 9.83. The molecule has 0 heterocycles. The SMILES string of the molecule is NC1CC(C(=O)Nc2cccc(Br)c2)C1. The minimum atomic E-state index is 0.0785. The van der Waals surface area contributed by atoms with Gasteiger partial charge in [0, 0.05) is 22.1 Å². The standard InChI is InChI=1S/C11H13BrN2O/c12-8-2-1-3-10(6-8)14-11(15)7-4-9(13)5-7/h1-3,6-7,9H,4-5,13H2,(H,14,15). The fraction of sp³-hybridized carbons (Fsp3) is 0.364. The van der Waals surface area contributed by atoms with Crippen LogP contribution in [0.5, 0.6) is 0 Å². The van der Waals surface area contributed by atoms with Crippen molar-refractivity contribution >= 4 is 27.5 Å². The molecule has 80 valence electrons. The number of rotatable bonds is 2. The zero-order chi connectivity index (χ0) is 10.8. The van der Waals surface area contributed by atoms with Crippen LogP contribution in [-0.2, 0) is 4.79 Å². The van der Waals surface area contributed by atoms with Gasteiger partial charge in [-0.2, -0.15) is 0 Å². The number of hydrogen-bond donors (Lipinski definition) is 2. The van der Waals surface area contributed by atoms with Crippen LogP contribution in [0.2, 0.25) is 0 Å². The van der Waals surface area contributed by atoms with Crippen LogP contribution in [0.15, 0.2) is 28.7 Å². The zero-order valence-electron chi connectivity index (χ0n) is 8.24. The first-order valence-corrected chi connectivity index (χ1v) is 5.76. The normalized spacial score (nSPS) is 24.4.